The van der Waals surface area contributed by atoms with Crippen molar-refractivity contribution < 1.29 is 18.0 Å². The van der Waals surface area contributed by atoms with Crippen LogP contribution < -0.4 is 5.32 Å². The Labute approximate surface area is 168 Å². The fourth-order valence-corrected chi connectivity index (χ4v) is 5.49. The van der Waals surface area contributed by atoms with Crippen molar-refractivity contribution in [3.8, 4) is 6.07 Å². The van der Waals surface area contributed by atoms with Gasteiger partial charge in [-0.05, 0) is 37.1 Å². The lowest BCUT2D eigenvalue weighted by molar-refractivity contribution is -0.140. The molecular weight excluding hydrogens is 400 g/mol. The Morgan fingerprint density at radius 2 is 2.00 bits per heavy atom. The number of nitriles is 1. The molecule has 0 saturated carbocycles. The van der Waals surface area contributed by atoms with E-state index in [4.69, 9.17) is 5.26 Å². The molecule has 10 heteroatoms. The van der Waals surface area contributed by atoms with Crippen LogP contribution in [0.2, 0.25) is 0 Å². The van der Waals surface area contributed by atoms with Crippen molar-refractivity contribution in [2.24, 2.45) is 5.92 Å². The Bertz CT molecular complexity index is 895. The molecule has 0 bridgehead atoms. The SMILES string of the molecule is CS(=O)(=O)N1CCCC(C(=O)N2CSCC2C(=O)Nc2ccc(C#N)cc2)C1. The number of sulfonamides is 1. The van der Waals surface area contributed by atoms with Gasteiger partial charge in [-0.15, -0.1) is 11.8 Å². The van der Waals surface area contributed by atoms with Crippen molar-refractivity contribution in [3.63, 3.8) is 0 Å². The quantitative estimate of drug-likeness (QED) is 0.777. The van der Waals surface area contributed by atoms with Gasteiger partial charge in [0, 0.05) is 24.5 Å². The van der Waals surface area contributed by atoms with Crippen LogP contribution in [0.1, 0.15) is 18.4 Å². The van der Waals surface area contributed by atoms with Gasteiger partial charge < -0.3 is 10.2 Å². The van der Waals surface area contributed by atoms with Gasteiger partial charge in [-0.2, -0.15) is 5.26 Å². The minimum Gasteiger partial charge on any atom is -0.324 e. The highest BCUT2D eigenvalue weighted by Gasteiger charge is 2.39. The first-order chi connectivity index (χ1) is 13.3. The number of amides is 2. The average molecular weight is 423 g/mol. The van der Waals surface area contributed by atoms with Crippen LogP contribution >= 0.6 is 11.8 Å². The number of thioether (sulfide) groups is 1. The third-order valence-corrected chi connectivity index (χ3v) is 7.23. The lowest BCUT2D eigenvalue weighted by Gasteiger charge is -2.33. The highest BCUT2D eigenvalue weighted by molar-refractivity contribution is 7.99. The van der Waals surface area contributed by atoms with E-state index >= 15 is 0 Å². The van der Waals surface area contributed by atoms with E-state index < -0.39 is 22.0 Å². The summed E-state index contributed by atoms with van der Waals surface area (Å²) in [7, 11) is -3.34. The third kappa shape index (κ3) is 4.66. The van der Waals surface area contributed by atoms with E-state index in [0.29, 0.717) is 42.3 Å². The van der Waals surface area contributed by atoms with E-state index in [9.17, 15) is 18.0 Å². The Hall–Kier alpha value is -2.09. The molecule has 0 spiro atoms. The Kier molecular flexibility index (Phi) is 6.27. The molecular formula is C18H22N4O4S2. The number of nitrogens with one attached hydrogen (secondary N) is 1. The molecule has 1 aromatic carbocycles. The zero-order chi connectivity index (χ0) is 20.3. The topological polar surface area (TPSA) is 111 Å². The molecule has 150 valence electrons. The molecule has 8 nitrogen and oxygen atoms in total. The second-order valence-electron chi connectivity index (χ2n) is 6.96. The predicted octanol–water partition coefficient (Wildman–Crippen LogP) is 1.07. The molecule has 1 N–H and O–H groups in total. The van der Waals surface area contributed by atoms with Crippen molar-refractivity contribution in [2.45, 2.75) is 18.9 Å². The van der Waals surface area contributed by atoms with Gasteiger partial charge >= 0.3 is 0 Å². The molecule has 2 amide bonds. The number of hydrogen-bond donors (Lipinski definition) is 1. The van der Waals surface area contributed by atoms with E-state index in [2.05, 4.69) is 5.32 Å². The van der Waals surface area contributed by atoms with Crippen LogP contribution in [0.25, 0.3) is 0 Å². The lowest BCUT2D eigenvalue weighted by atomic mass is 9.97. The number of anilines is 1. The summed E-state index contributed by atoms with van der Waals surface area (Å²) in [6.45, 7) is 0.600. The van der Waals surface area contributed by atoms with E-state index in [-0.39, 0.29) is 18.4 Å². The number of rotatable bonds is 4. The lowest BCUT2D eigenvalue weighted by Crippen LogP contribution is -2.50. The molecule has 0 radical (unpaired) electrons. The number of benzene rings is 1. The maximum absolute atomic E-state index is 13.0. The molecule has 0 aromatic heterocycles. The maximum atomic E-state index is 13.0. The summed E-state index contributed by atoms with van der Waals surface area (Å²) >= 11 is 1.50. The summed E-state index contributed by atoms with van der Waals surface area (Å²) < 4.78 is 25.0. The maximum Gasteiger partial charge on any atom is 0.248 e. The van der Waals surface area contributed by atoms with Crippen LogP contribution in [0.4, 0.5) is 5.69 Å². The van der Waals surface area contributed by atoms with Gasteiger partial charge in [0.25, 0.3) is 0 Å². The highest BCUT2D eigenvalue weighted by atomic mass is 32.2. The summed E-state index contributed by atoms with van der Waals surface area (Å²) in [5.41, 5.74) is 1.06. The summed E-state index contributed by atoms with van der Waals surface area (Å²) in [5, 5.41) is 11.6. The number of nitrogens with zero attached hydrogens (tertiary/aromatic N) is 3. The van der Waals surface area contributed by atoms with E-state index in [0.717, 1.165) is 6.26 Å². The van der Waals surface area contributed by atoms with Crippen molar-refractivity contribution >= 4 is 39.3 Å². The Morgan fingerprint density at radius 3 is 2.64 bits per heavy atom. The Balaban J connectivity index is 1.66. The first-order valence-corrected chi connectivity index (χ1v) is 11.9. The predicted molar refractivity (Wildman–Crippen MR) is 107 cm³/mol. The third-order valence-electron chi connectivity index (χ3n) is 4.95. The monoisotopic (exact) mass is 422 g/mol. The molecule has 28 heavy (non-hydrogen) atoms. The van der Waals surface area contributed by atoms with Gasteiger partial charge in [0.1, 0.15) is 6.04 Å². The fourth-order valence-electron chi connectivity index (χ4n) is 3.41. The molecule has 2 unspecified atom stereocenters. The number of piperidine rings is 1. The average Bonchev–Trinajstić information content (AvgIpc) is 3.17. The minimum absolute atomic E-state index is 0.168. The smallest absolute Gasteiger partial charge is 0.248 e. The minimum atomic E-state index is -3.34. The van der Waals surface area contributed by atoms with Crippen LogP contribution in [-0.2, 0) is 19.6 Å². The molecule has 2 saturated heterocycles. The van der Waals surface area contributed by atoms with Crippen LogP contribution in [0, 0.1) is 17.2 Å². The number of carbonyl (C=O) groups is 2. The van der Waals surface area contributed by atoms with Gasteiger partial charge in [-0.1, -0.05) is 0 Å². The van der Waals surface area contributed by atoms with Crippen LogP contribution in [-0.4, -0.2) is 66.5 Å². The fraction of sp³-hybridized carbons (Fsp3) is 0.500. The van der Waals surface area contributed by atoms with Crippen molar-refractivity contribution in [1.29, 1.82) is 5.26 Å². The first kappa shape index (κ1) is 20.6. The molecule has 2 heterocycles. The van der Waals surface area contributed by atoms with Gasteiger partial charge in [-0.25, -0.2) is 12.7 Å². The zero-order valence-electron chi connectivity index (χ0n) is 15.5. The molecule has 3 rings (SSSR count). The first-order valence-electron chi connectivity index (χ1n) is 8.94. The number of hydrogen-bond acceptors (Lipinski definition) is 6. The highest BCUT2D eigenvalue weighted by Crippen LogP contribution is 2.28. The van der Waals surface area contributed by atoms with Crippen LogP contribution in [0.5, 0.6) is 0 Å². The Morgan fingerprint density at radius 1 is 1.29 bits per heavy atom. The summed E-state index contributed by atoms with van der Waals surface area (Å²) in [6, 6.07) is 7.95. The van der Waals surface area contributed by atoms with Crippen LogP contribution in [0.15, 0.2) is 24.3 Å². The second-order valence-corrected chi connectivity index (χ2v) is 9.94. The van der Waals surface area contributed by atoms with Gasteiger partial charge in [0.15, 0.2) is 0 Å². The van der Waals surface area contributed by atoms with E-state index in [1.165, 1.54) is 16.1 Å². The van der Waals surface area contributed by atoms with Gasteiger partial charge in [-0.3, -0.25) is 9.59 Å². The van der Waals surface area contributed by atoms with E-state index in [1.807, 2.05) is 6.07 Å². The number of carbonyl (C=O) groups excluding carboxylic acids is 2. The standard InChI is InChI=1S/C18H22N4O4S2/c1-28(25,26)21-8-2-3-14(10-21)18(24)22-12-27-11-16(22)17(23)20-15-6-4-13(9-19)5-7-15/h4-7,14,16H,2-3,8,10-12H2,1H3,(H,20,23). The summed E-state index contributed by atoms with van der Waals surface area (Å²) in [6.07, 6.45) is 2.40. The van der Waals surface area contributed by atoms with Gasteiger partial charge in [0.2, 0.25) is 21.8 Å². The summed E-state index contributed by atoms with van der Waals surface area (Å²) in [4.78, 5) is 27.3. The van der Waals surface area contributed by atoms with Crippen molar-refractivity contribution in [1.82, 2.24) is 9.21 Å². The molecule has 0 aliphatic carbocycles. The van der Waals surface area contributed by atoms with Crippen molar-refractivity contribution in [2.75, 3.05) is 36.3 Å². The van der Waals surface area contributed by atoms with Crippen LogP contribution in [0.3, 0.4) is 0 Å². The molecule has 2 fully saturated rings. The normalized spacial score (nSPS) is 23.2. The second kappa shape index (κ2) is 8.51. The largest absolute Gasteiger partial charge is 0.324 e. The molecule has 1 aromatic rings. The zero-order valence-corrected chi connectivity index (χ0v) is 17.1. The van der Waals surface area contributed by atoms with E-state index in [1.54, 1.807) is 29.2 Å². The molecule has 2 aliphatic rings. The van der Waals surface area contributed by atoms with Crippen molar-refractivity contribution in [3.05, 3.63) is 29.8 Å². The summed E-state index contributed by atoms with van der Waals surface area (Å²) in [5.74, 6) is 0.0419. The molecule has 2 aliphatic heterocycles. The van der Waals surface area contributed by atoms with Gasteiger partial charge in [0.05, 0.1) is 29.7 Å². The molecule has 2 atom stereocenters.